The van der Waals surface area contributed by atoms with Gasteiger partial charge in [0.25, 0.3) is 0 Å². The second-order valence-electron chi connectivity index (χ2n) is 4.19. The lowest BCUT2D eigenvalue weighted by atomic mass is 10.2. The van der Waals surface area contributed by atoms with Crippen LogP contribution in [0.25, 0.3) is 22.6 Å². The van der Waals surface area contributed by atoms with E-state index in [4.69, 9.17) is 14.6 Å². The number of nitrogen functional groups attached to an aromatic ring is 1. The van der Waals surface area contributed by atoms with Crippen molar-refractivity contribution in [3.05, 3.63) is 34.2 Å². The zero-order chi connectivity index (χ0) is 12.9. The molecule has 0 aliphatic carbocycles. The van der Waals surface area contributed by atoms with Crippen LogP contribution in [0.3, 0.4) is 0 Å². The first kappa shape index (κ1) is 11.3. The summed E-state index contributed by atoms with van der Waals surface area (Å²) >= 11 is 3.39. The first-order valence-corrected chi connectivity index (χ1v) is 6.27. The highest BCUT2D eigenvalue weighted by molar-refractivity contribution is 9.10. The van der Waals surface area contributed by atoms with E-state index >= 15 is 0 Å². The quantitative estimate of drug-likeness (QED) is 0.689. The molecule has 0 saturated carbocycles. The molecule has 3 rings (SSSR count). The number of anilines is 1. The lowest BCUT2D eigenvalue weighted by Crippen LogP contribution is -1.84. The predicted octanol–water partition coefficient (Wildman–Crippen LogP) is 4.05. The molecule has 3 aromatic rings. The number of benzene rings is 1. The topological polar surface area (TPSA) is 65.2 Å². The molecule has 0 amide bonds. The van der Waals surface area contributed by atoms with Crippen LogP contribution in [0, 0.1) is 13.8 Å². The maximum atomic E-state index is 5.90. The molecule has 0 bridgehead atoms. The number of hydrogen-bond acceptors (Lipinski definition) is 4. The Bertz CT molecular complexity index is 743. The molecule has 5 heteroatoms. The minimum atomic E-state index is 0.532. The molecule has 2 N–H and O–H groups in total. The summed E-state index contributed by atoms with van der Waals surface area (Å²) in [5.41, 5.74) is 8.67. The van der Waals surface area contributed by atoms with Crippen molar-refractivity contribution in [3.8, 4) is 11.5 Å². The average molecular weight is 307 g/mol. The van der Waals surface area contributed by atoms with E-state index in [0.29, 0.717) is 17.2 Å². The monoisotopic (exact) mass is 306 g/mol. The number of aromatic nitrogens is 1. The molecule has 0 spiro atoms. The fourth-order valence-corrected chi connectivity index (χ4v) is 2.44. The first-order valence-electron chi connectivity index (χ1n) is 5.47. The van der Waals surface area contributed by atoms with Crippen LogP contribution in [-0.4, -0.2) is 4.98 Å². The molecule has 0 unspecified atom stereocenters. The molecule has 92 valence electrons. The van der Waals surface area contributed by atoms with Gasteiger partial charge in [0.05, 0.1) is 11.3 Å². The number of oxazole rings is 1. The van der Waals surface area contributed by atoms with Crippen LogP contribution in [0.2, 0.25) is 0 Å². The normalized spacial score (nSPS) is 11.3. The van der Waals surface area contributed by atoms with Crippen LogP contribution in [0.5, 0.6) is 0 Å². The molecule has 2 aromatic heterocycles. The molecule has 0 fully saturated rings. The lowest BCUT2D eigenvalue weighted by molar-refractivity contribution is 0.503. The van der Waals surface area contributed by atoms with Gasteiger partial charge in [0, 0.05) is 4.47 Å². The number of nitrogens with zero attached hydrogens (tertiary/aromatic N) is 1. The largest absolute Gasteiger partial charge is 0.466 e. The van der Waals surface area contributed by atoms with Crippen molar-refractivity contribution in [1.82, 2.24) is 4.98 Å². The molecule has 0 aliphatic heterocycles. The third-order valence-electron chi connectivity index (χ3n) is 2.75. The molecule has 2 heterocycles. The Morgan fingerprint density at radius 1 is 1.17 bits per heavy atom. The third kappa shape index (κ3) is 1.71. The van der Waals surface area contributed by atoms with Crippen LogP contribution in [0.15, 0.2) is 31.5 Å². The van der Waals surface area contributed by atoms with Gasteiger partial charge in [-0.2, -0.15) is 0 Å². The number of aryl methyl sites for hydroxylation is 2. The van der Waals surface area contributed by atoms with Gasteiger partial charge >= 0.3 is 0 Å². The standard InChI is InChI=1S/C13H11BrN2O2/c1-6-3-9(7(2)17-6)13-16-11-5-8(14)4-10(15)12(11)18-13/h3-5H,15H2,1-2H3. The van der Waals surface area contributed by atoms with E-state index in [-0.39, 0.29) is 0 Å². The van der Waals surface area contributed by atoms with E-state index in [1.54, 1.807) is 6.07 Å². The van der Waals surface area contributed by atoms with E-state index in [2.05, 4.69) is 20.9 Å². The van der Waals surface area contributed by atoms with E-state index in [1.165, 1.54) is 0 Å². The SMILES string of the molecule is Cc1cc(-c2nc3cc(Br)cc(N)c3o2)c(C)o1. The van der Waals surface area contributed by atoms with Gasteiger partial charge in [-0.3, -0.25) is 0 Å². The van der Waals surface area contributed by atoms with Gasteiger partial charge in [0.15, 0.2) is 5.58 Å². The van der Waals surface area contributed by atoms with E-state index in [0.717, 1.165) is 27.1 Å². The Labute approximate surface area is 112 Å². The van der Waals surface area contributed by atoms with Crippen molar-refractivity contribution >= 4 is 32.7 Å². The summed E-state index contributed by atoms with van der Waals surface area (Å²) < 4.78 is 12.1. The highest BCUT2D eigenvalue weighted by Crippen LogP contribution is 2.32. The smallest absolute Gasteiger partial charge is 0.230 e. The number of nitrogens with two attached hydrogens (primary N) is 1. The molecule has 4 nitrogen and oxygen atoms in total. The van der Waals surface area contributed by atoms with Gasteiger partial charge in [0.2, 0.25) is 5.89 Å². The summed E-state index contributed by atoms with van der Waals surface area (Å²) in [5.74, 6) is 2.15. The third-order valence-corrected chi connectivity index (χ3v) is 3.21. The Morgan fingerprint density at radius 2 is 1.94 bits per heavy atom. The molecule has 0 atom stereocenters. The molecular weight excluding hydrogens is 296 g/mol. The molecular formula is C13H11BrN2O2. The first-order chi connectivity index (χ1) is 8.54. The molecule has 18 heavy (non-hydrogen) atoms. The summed E-state index contributed by atoms with van der Waals surface area (Å²) in [6, 6.07) is 5.58. The van der Waals surface area contributed by atoms with Gasteiger partial charge in [-0.25, -0.2) is 4.98 Å². The van der Waals surface area contributed by atoms with E-state index < -0.39 is 0 Å². The fraction of sp³-hybridized carbons (Fsp3) is 0.154. The molecule has 1 aromatic carbocycles. The molecule has 0 saturated heterocycles. The maximum Gasteiger partial charge on any atom is 0.230 e. The number of hydrogen-bond donors (Lipinski definition) is 1. The van der Waals surface area contributed by atoms with Crippen LogP contribution < -0.4 is 5.73 Å². The molecule has 0 aliphatic rings. The minimum absolute atomic E-state index is 0.532. The number of furan rings is 1. The fourth-order valence-electron chi connectivity index (χ4n) is 1.98. The summed E-state index contributed by atoms with van der Waals surface area (Å²) in [7, 11) is 0. The second-order valence-corrected chi connectivity index (χ2v) is 5.10. The summed E-state index contributed by atoms with van der Waals surface area (Å²) in [6.45, 7) is 3.78. The van der Waals surface area contributed by atoms with Gasteiger partial charge in [0.1, 0.15) is 17.0 Å². The lowest BCUT2D eigenvalue weighted by Gasteiger charge is -1.94. The highest BCUT2D eigenvalue weighted by Gasteiger charge is 2.15. The van der Waals surface area contributed by atoms with E-state index in [9.17, 15) is 0 Å². The van der Waals surface area contributed by atoms with Crippen molar-refractivity contribution in [2.75, 3.05) is 5.73 Å². The van der Waals surface area contributed by atoms with Gasteiger partial charge in [-0.1, -0.05) is 15.9 Å². The zero-order valence-electron chi connectivity index (χ0n) is 9.95. The predicted molar refractivity (Wildman–Crippen MR) is 73.3 cm³/mol. The van der Waals surface area contributed by atoms with Crippen LogP contribution in [-0.2, 0) is 0 Å². The van der Waals surface area contributed by atoms with Crippen molar-refractivity contribution in [3.63, 3.8) is 0 Å². The van der Waals surface area contributed by atoms with Crippen molar-refractivity contribution < 1.29 is 8.83 Å². The molecule has 0 radical (unpaired) electrons. The summed E-state index contributed by atoms with van der Waals surface area (Å²) in [5, 5.41) is 0. The van der Waals surface area contributed by atoms with Crippen LogP contribution in [0.1, 0.15) is 11.5 Å². The summed E-state index contributed by atoms with van der Waals surface area (Å²) in [6.07, 6.45) is 0. The van der Waals surface area contributed by atoms with Gasteiger partial charge < -0.3 is 14.6 Å². The van der Waals surface area contributed by atoms with E-state index in [1.807, 2.05) is 26.0 Å². The number of halogens is 1. The van der Waals surface area contributed by atoms with Crippen molar-refractivity contribution in [2.24, 2.45) is 0 Å². The zero-order valence-corrected chi connectivity index (χ0v) is 11.5. The number of rotatable bonds is 1. The Kier molecular flexibility index (Phi) is 2.45. The number of fused-ring (bicyclic) bond motifs is 1. The van der Waals surface area contributed by atoms with Crippen molar-refractivity contribution in [2.45, 2.75) is 13.8 Å². The van der Waals surface area contributed by atoms with Gasteiger partial charge in [-0.15, -0.1) is 0 Å². The summed E-state index contributed by atoms with van der Waals surface area (Å²) in [4.78, 5) is 4.44. The van der Waals surface area contributed by atoms with Gasteiger partial charge in [-0.05, 0) is 32.0 Å². The average Bonchev–Trinajstić information content (AvgIpc) is 2.81. The Morgan fingerprint density at radius 3 is 2.61 bits per heavy atom. The highest BCUT2D eigenvalue weighted by atomic mass is 79.9. The maximum absolute atomic E-state index is 5.90. The van der Waals surface area contributed by atoms with Crippen LogP contribution >= 0.6 is 15.9 Å². The van der Waals surface area contributed by atoms with Crippen molar-refractivity contribution in [1.29, 1.82) is 0 Å². The van der Waals surface area contributed by atoms with Crippen LogP contribution in [0.4, 0.5) is 5.69 Å². The second kappa shape index (κ2) is 3.88. The minimum Gasteiger partial charge on any atom is -0.466 e. The Hall–Kier alpha value is -1.75. The Balaban J connectivity index is 2.25.